The normalized spacial score (nSPS) is 12.1. The number of hydrogen-bond acceptors (Lipinski definition) is 4. The van der Waals surface area contributed by atoms with E-state index in [0.717, 1.165) is 89.9 Å². The molecule has 0 saturated heterocycles. The van der Waals surface area contributed by atoms with Crippen molar-refractivity contribution in [2.75, 3.05) is 0 Å². The summed E-state index contributed by atoms with van der Waals surface area (Å²) in [5.41, 5.74) is -0.520. The largest absolute Gasteiger partial charge is 0.459 e. The average Bonchev–Trinajstić information content (AvgIpc) is 2.84. The molecule has 0 bridgehead atoms. The van der Waals surface area contributed by atoms with Gasteiger partial charge in [0.1, 0.15) is 11.2 Å². The van der Waals surface area contributed by atoms with Gasteiger partial charge in [-0.2, -0.15) is 0 Å². The summed E-state index contributed by atoms with van der Waals surface area (Å²) in [6.07, 6.45) is 19.8. The number of carbonyl (C=O) groups excluding carboxylic acids is 2. The van der Waals surface area contributed by atoms with Crippen molar-refractivity contribution in [1.29, 1.82) is 0 Å². The first kappa shape index (κ1) is 32.9. The average molecular weight is 483 g/mol. The highest BCUT2D eigenvalue weighted by atomic mass is 16.6. The second kappa shape index (κ2) is 20.2. The van der Waals surface area contributed by atoms with Crippen LogP contribution in [-0.2, 0) is 19.1 Å². The topological polar surface area (TPSA) is 52.6 Å². The van der Waals surface area contributed by atoms with Gasteiger partial charge in [-0.15, -0.1) is 0 Å². The van der Waals surface area contributed by atoms with Gasteiger partial charge in [0.25, 0.3) is 0 Å². The Labute approximate surface area is 212 Å². The Morgan fingerprint density at radius 3 is 1.09 bits per heavy atom. The zero-order valence-corrected chi connectivity index (χ0v) is 23.8. The van der Waals surface area contributed by atoms with E-state index in [1.54, 1.807) is 0 Å². The molecule has 0 fully saturated rings. The summed E-state index contributed by atoms with van der Waals surface area (Å²) in [5, 5.41) is 0. The van der Waals surface area contributed by atoms with Gasteiger partial charge in [-0.1, -0.05) is 92.9 Å². The van der Waals surface area contributed by atoms with Gasteiger partial charge in [-0.25, -0.2) is 0 Å². The minimum atomic E-state index is -0.260. The third kappa shape index (κ3) is 14.4. The van der Waals surface area contributed by atoms with Crippen molar-refractivity contribution in [3.05, 3.63) is 0 Å². The number of hydrogen-bond donors (Lipinski definition) is 0. The maximum Gasteiger partial charge on any atom is 0.306 e. The third-order valence-electron chi connectivity index (χ3n) is 7.72. The van der Waals surface area contributed by atoms with Crippen LogP contribution in [0.5, 0.6) is 0 Å². The highest BCUT2D eigenvalue weighted by molar-refractivity contribution is 5.70. The van der Waals surface area contributed by atoms with E-state index in [0.29, 0.717) is 12.8 Å². The van der Waals surface area contributed by atoms with Gasteiger partial charge in [-0.3, -0.25) is 9.59 Å². The molecule has 0 aromatic heterocycles. The number of unbranched alkanes of at least 4 members (excludes halogenated alkanes) is 9. The Morgan fingerprint density at radius 2 is 0.794 bits per heavy atom. The Hall–Kier alpha value is -1.06. The van der Waals surface area contributed by atoms with Gasteiger partial charge in [0.05, 0.1) is 0 Å². The molecule has 0 spiro atoms. The molecule has 34 heavy (non-hydrogen) atoms. The van der Waals surface area contributed by atoms with Crippen LogP contribution in [0.4, 0.5) is 0 Å². The first-order valence-electron chi connectivity index (χ1n) is 14.8. The van der Waals surface area contributed by atoms with E-state index in [4.69, 9.17) is 9.47 Å². The van der Waals surface area contributed by atoms with E-state index >= 15 is 0 Å². The van der Waals surface area contributed by atoms with Crippen molar-refractivity contribution >= 4 is 11.9 Å². The van der Waals surface area contributed by atoms with Gasteiger partial charge in [0.15, 0.2) is 0 Å². The van der Waals surface area contributed by atoms with Crippen molar-refractivity contribution in [2.24, 2.45) is 0 Å². The molecule has 0 aliphatic rings. The van der Waals surface area contributed by atoms with Crippen LogP contribution in [0.25, 0.3) is 0 Å². The van der Waals surface area contributed by atoms with E-state index < -0.39 is 0 Å². The lowest BCUT2D eigenvalue weighted by atomic mass is 9.90. The maximum absolute atomic E-state index is 12.4. The highest BCUT2D eigenvalue weighted by Crippen LogP contribution is 2.29. The lowest BCUT2D eigenvalue weighted by molar-refractivity contribution is -0.163. The van der Waals surface area contributed by atoms with Gasteiger partial charge in [-0.05, 0) is 64.2 Å². The molecule has 0 aromatic rings. The fourth-order valence-electron chi connectivity index (χ4n) is 4.82. The molecule has 0 radical (unpaired) electrons. The Balaban J connectivity index is 4.03. The molecule has 4 nitrogen and oxygen atoms in total. The smallest absolute Gasteiger partial charge is 0.306 e. The Bertz CT molecular complexity index is 460. The first-order valence-corrected chi connectivity index (χ1v) is 14.8. The molecule has 0 N–H and O–H groups in total. The van der Waals surface area contributed by atoms with Gasteiger partial charge < -0.3 is 9.47 Å². The molecule has 0 aromatic carbocycles. The molecular formula is C30H58O4. The van der Waals surface area contributed by atoms with Gasteiger partial charge >= 0.3 is 11.9 Å². The monoisotopic (exact) mass is 482 g/mol. The molecular weight excluding hydrogens is 424 g/mol. The van der Waals surface area contributed by atoms with Gasteiger partial charge in [0.2, 0.25) is 0 Å². The van der Waals surface area contributed by atoms with Crippen molar-refractivity contribution in [3.8, 4) is 0 Å². The zero-order chi connectivity index (χ0) is 25.7. The molecule has 0 aliphatic carbocycles. The van der Waals surface area contributed by atoms with Crippen molar-refractivity contribution in [3.63, 3.8) is 0 Å². The standard InChI is InChI=1S/C30H58O4/c1-7-13-21-25-29(9-3,10-4)33-27(31)23-19-17-15-16-18-20-24-28(32)34-30(11-5,12-6)26-22-14-8-2/h7-26H2,1-6H3. The molecule has 0 amide bonds. The predicted octanol–water partition coefficient (Wildman–Crippen LogP) is 9.47. The highest BCUT2D eigenvalue weighted by Gasteiger charge is 2.30. The van der Waals surface area contributed by atoms with Crippen LogP contribution < -0.4 is 0 Å². The summed E-state index contributed by atoms with van der Waals surface area (Å²) in [7, 11) is 0. The quantitative estimate of drug-likeness (QED) is 0.107. The zero-order valence-electron chi connectivity index (χ0n) is 23.8. The number of ether oxygens (including phenoxy) is 2. The molecule has 0 heterocycles. The van der Waals surface area contributed by atoms with Gasteiger partial charge in [0, 0.05) is 12.8 Å². The SMILES string of the molecule is CCCCCC(CC)(CC)OC(=O)CCCCCCCCC(=O)OC(CC)(CC)CCCCC. The second-order valence-electron chi connectivity index (χ2n) is 10.3. The number of carbonyl (C=O) groups is 2. The van der Waals surface area contributed by atoms with E-state index in [9.17, 15) is 9.59 Å². The van der Waals surface area contributed by atoms with Crippen LogP contribution in [0.2, 0.25) is 0 Å². The molecule has 0 aliphatic heterocycles. The summed E-state index contributed by atoms with van der Waals surface area (Å²) in [5.74, 6) is -0.0607. The molecule has 4 heteroatoms. The molecule has 0 saturated carbocycles. The van der Waals surface area contributed by atoms with Crippen LogP contribution >= 0.6 is 0 Å². The summed E-state index contributed by atoms with van der Waals surface area (Å²) >= 11 is 0. The van der Waals surface area contributed by atoms with Crippen molar-refractivity contribution in [1.82, 2.24) is 0 Å². The second-order valence-corrected chi connectivity index (χ2v) is 10.3. The van der Waals surface area contributed by atoms with E-state index in [2.05, 4.69) is 41.5 Å². The lowest BCUT2D eigenvalue weighted by Crippen LogP contribution is -2.34. The van der Waals surface area contributed by atoms with E-state index in [1.165, 1.54) is 25.7 Å². The molecule has 202 valence electrons. The lowest BCUT2D eigenvalue weighted by Gasteiger charge is -2.32. The fraction of sp³-hybridized carbons (Fsp3) is 0.933. The van der Waals surface area contributed by atoms with Crippen LogP contribution in [-0.4, -0.2) is 23.1 Å². The minimum absolute atomic E-state index is 0.0304. The molecule has 0 rings (SSSR count). The van der Waals surface area contributed by atoms with Crippen LogP contribution in [0.15, 0.2) is 0 Å². The Morgan fingerprint density at radius 1 is 0.471 bits per heavy atom. The first-order chi connectivity index (χ1) is 16.4. The Kier molecular flexibility index (Phi) is 19.5. The summed E-state index contributed by atoms with van der Waals surface area (Å²) in [4.78, 5) is 24.8. The molecule has 0 atom stereocenters. The van der Waals surface area contributed by atoms with Crippen LogP contribution in [0, 0.1) is 0 Å². The number of esters is 2. The van der Waals surface area contributed by atoms with Crippen molar-refractivity contribution < 1.29 is 19.1 Å². The predicted molar refractivity (Wildman–Crippen MR) is 144 cm³/mol. The fourth-order valence-corrected chi connectivity index (χ4v) is 4.82. The minimum Gasteiger partial charge on any atom is -0.459 e. The molecule has 0 unspecified atom stereocenters. The summed E-state index contributed by atoms with van der Waals surface area (Å²) < 4.78 is 11.9. The van der Waals surface area contributed by atoms with Crippen LogP contribution in [0.3, 0.4) is 0 Å². The third-order valence-corrected chi connectivity index (χ3v) is 7.72. The maximum atomic E-state index is 12.4. The van der Waals surface area contributed by atoms with Crippen molar-refractivity contribution in [2.45, 2.75) is 181 Å². The van der Waals surface area contributed by atoms with E-state index in [-0.39, 0.29) is 23.1 Å². The van der Waals surface area contributed by atoms with Crippen LogP contribution in [0.1, 0.15) is 170 Å². The van der Waals surface area contributed by atoms with E-state index in [1.807, 2.05) is 0 Å². The summed E-state index contributed by atoms with van der Waals surface area (Å²) in [6, 6.07) is 0. The number of rotatable bonds is 23. The summed E-state index contributed by atoms with van der Waals surface area (Å²) in [6.45, 7) is 12.9.